The van der Waals surface area contributed by atoms with E-state index >= 15 is 0 Å². The minimum absolute atomic E-state index is 0.267. The smallest absolute Gasteiger partial charge is 0.309 e. The van der Waals surface area contributed by atoms with Crippen molar-refractivity contribution in [3.05, 3.63) is 24.3 Å². The molecule has 6 heteroatoms. The third-order valence-corrected chi connectivity index (χ3v) is 9.46. The van der Waals surface area contributed by atoms with Gasteiger partial charge >= 0.3 is 11.9 Å². The molecule has 0 saturated carbocycles. The van der Waals surface area contributed by atoms with Gasteiger partial charge in [-0.15, -0.1) is 0 Å². The van der Waals surface area contributed by atoms with Crippen molar-refractivity contribution in [3.8, 4) is 0 Å². The van der Waals surface area contributed by atoms with Crippen molar-refractivity contribution in [2.75, 3.05) is 20.6 Å². The summed E-state index contributed by atoms with van der Waals surface area (Å²) in [6.07, 6.45) is 42.0. The number of quaternary nitrogens is 1. The van der Waals surface area contributed by atoms with Gasteiger partial charge in [-0.05, 0) is 64.2 Å². The topological polar surface area (TPSA) is 72.8 Å². The Bertz CT molecular complexity index is 762. The first-order valence-electron chi connectivity index (χ1n) is 21.0. The molecule has 0 aliphatic rings. The van der Waals surface area contributed by atoms with Crippen LogP contribution in [0.4, 0.5) is 0 Å². The SMILES string of the molecule is CCCCCCCC/C=C\CCCCCCCC(=O)OC(CC)(CC[N+](C)(C)O)OC(=O)CCCCCCC/C=C\CCCCCCCC. The molecule has 288 valence electrons. The summed E-state index contributed by atoms with van der Waals surface area (Å²) in [5.41, 5.74) is 0. The van der Waals surface area contributed by atoms with Crippen LogP contribution in [-0.4, -0.2) is 48.2 Å². The van der Waals surface area contributed by atoms with E-state index in [9.17, 15) is 14.8 Å². The quantitative estimate of drug-likeness (QED) is 0.0177. The number of unbranched alkanes of at least 4 members (excludes halogenated alkanes) is 22. The van der Waals surface area contributed by atoms with Gasteiger partial charge in [0.15, 0.2) is 0 Å². The first-order chi connectivity index (χ1) is 23.7. The molecule has 0 rings (SSSR count). The van der Waals surface area contributed by atoms with Gasteiger partial charge in [-0.3, -0.25) is 9.59 Å². The number of allylic oxidation sites excluding steroid dienone is 4. The fourth-order valence-electron chi connectivity index (χ4n) is 6.09. The summed E-state index contributed by atoms with van der Waals surface area (Å²) in [4.78, 5) is 25.7. The molecular formula is C43H82NO5+. The number of rotatable bonds is 36. The first-order valence-corrected chi connectivity index (χ1v) is 21.0. The van der Waals surface area contributed by atoms with E-state index in [0.717, 1.165) is 51.4 Å². The molecule has 0 unspecified atom stereocenters. The molecule has 0 spiro atoms. The predicted molar refractivity (Wildman–Crippen MR) is 207 cm³/mol. The van der Waals surface area contributed by atoms with E-state index in [4.69, 9.17) is 9.47 Å². The number of esters is 2. The maximum Gasteiger partial charge on any atom is 0.309 e. The lowest BCUT2D eigenvalue weighted by Gasteiger charge is -2.33. The molecule has 0 radical (unpaired) electrons. The third kappa shape index (κ3) is 33.3. The average molecular weight is 693 g/mol. The highest BCUT2D eigenvalue weighted by molar-refractivity contribution is 5.72. The van der Waals surface area contributed by atoms with Gasteiger partial charge in [0.2, 0.25) is 0 Å². The van der Waals surface area contributed by atoms with Crippen LogP contribution in [-0.2, 0) is 19.1 Å². The van der Waals surface area contributed by atoms with Gasteiger partial charge in [0.25, 0.3) is 5.79 Å². The summed E-state index contributed by atoms with van der Waals surface area (Å²) in [5, 5.41) is 10.3. The minimum Gasteiger partial charge on any atom is -0.422 e. The molecule has 0 bridgehead atoms. The predicted octanol–water partition coefficient (Wildman–Crippen LogP) is 13.1. The molecular weight excluding hydrogens is 610 g/mol. The maximum atomic E-state index is 12.9. The van der Waals surface area contributed by atoms with Crippen molar-refractivity contribution in [2.45, 2.75) is 219 Å². The largest absolute Gasteiger partial charge is 0.422 e. The van der Waals surface area contributed by atoms with Gasteiger partial charge in [0, 0.05) is 19.3 Å². The second kappa shape index (κ2) is 33.5. The zero-order valence-electron chi connectivity index (χ0n) is 33.3. The number of hydrogen-bond acceptors (Lipinski definition) is 5. The van der Waals surface area contributed by atoms with Crippen molar-refractivity contribution < 1.29 is 28.9 Å². The van der Waals surface area contributed by atoms with Gasteiger partial charge in [-0.1, -0.05) is 148 Å². The van der Waals surface area contributed by atoms with Gasteiger partial charge in [-0.2, -0.15) is 4.65 Å². The Kier molecular flexibility index (Phi) is 32.3. The van der Waals surface area contributed by atoms with Crippen molar-refractivity contribution in [2.24, 2.45) is 0 Å². The lowest BCUT2D eigenvalue weighted by Crippen LogP contribution is -2.46. The Hall–Kier alpha value is -1.66. The van der Waals surface area contributed by atoms with Gasteiger partial charge < -0.3 is 9.47 Å². The molecule has 1 N–H and O–H groups in total. The minimum atomic E-state index is -1.32. The molecule has 0 aromatic heterocycles. The lowest BCUT2D eigenvalue weighted by atomic mass is 10.1. The second-order valence-corrected chi connectivity index (χ2v) is 15.0. The van der Waals surface area contributed by atoms with Gasteiger partial charge in [0.05, 0.1) is 20.5 Å². The number of hydrogen-bond donors (Lipinski definition) is 1. The zero-order chi connectivity index (χ0) is 36.3. The van der Waals surface area contributed by atoms with E-state index < -0.39 is 5.79 Å². The van der Waals surface area contributed by atoms with E-state index in [1.807, 2.05) is 6.92 Å². The molecule has 0 saturated heterocycles. The van der Waals surface area contributed by atoms with Crippen LogP contribution in [0.3, 0.4) is 0 Å². The Morgan fingerprint density at radius 3 is 1.12 bits per heavy atom. The molecule has 6 nitrogen and oxygen atoms in total. The molecule has 0 aromatic carbocycles. The van der Waals surface area contributed by atoms with Crippen molar-refractivity contribution in [1.29, 1.82) is 0 Å². The van der Waals surface area contributed by atoms with Crippen molar-refractivity contribution in [3.63, 3.8) is 0 Å². The van der Waals surface area contributed by atoms with Crippen molar-refractivity contribution in [1.82, 2.24) is 0 Å². The Balaban J connectivity index is 4.26. The maximum absolute atomic E-state index is 12.9. The molecule has 0 aliphatic carbocycles. The van der Waals surface area contributed by atoms with Crippen LogP contribution in [0.15, 0.2) is 24.3 Å². The summed E-state index contributed by atoms with van der Waals surface area (Å²) < 4.78 is 11.5. The summed E-state index contributed by atoms with van der Waals surface area (Å²) in [7, 11) is 3.34. The van der Waals surface area contributed by atoms with E-state index in [-0.39, 0.29) is 23.0 Å². The third-order valence-electron chi connectivity index (χ3n) is 9.46. The Morgan fingerprint density at radius 2 is 0.816 bits per heavy atom. The molecule has 0 aromatic rings. The molecule has 49 heavy (non-hydrogen) atoms. The fourth-order valence-corrected chi connectivity index (χ4v) is 6.09. The molecule has 0 atom stereocenters. The standard InChI is InChI=1S/C43H82NO5/c1-6-9-11-13-15-17-19-21-23-25-27-29-31-33-35-37-41(45)48-43(8-3,39-40-44(4,5)47)49-42(46)38-36-34-32-30-28-26-24-22-20-18-16-14-12-10-7-2/h21-24,47H,6-20,25-40H2,1-5H3/q+1/b23-21-,24-22-. The number of carbonyl (C=O) groups excluding carboxylic acids is 2. The summed E-state index contributed by atoms with van der Waals surface area (Å²) in [6.45, 7) is 6.71. The van der Waals surface area contributed by atoms with Gasteiger partial charge in [-0.25, -0.2) is 5.21 Å². The normalized spacial score (nSPS) is 12.4. The summed E-state index contributed by atoms with van der Waals surface area (Å²) in [6, 6.07) is 0. The molecule has 0 amide bonds. The number of nitrogens with zero attached hydrogens (tertiary/aromatic N) is 1. The van der Waals surface area contributed by atoms with E-state index in [1.54, 1.807) is 14.1 Å². The number of hydroxylamine groups is 3. The van der Waals surface area contributed by atoms with Crippen LogP contribution in [0.1, 0.15) is 213 Å². The van der Waals surface area contributed by atoms with Gasteiger partial charge in [0.1, 0.15) is 6.54 Å². The molecule has 0 heterocycles. The lowest BCUT2D eigenvalue weighted by molar-refractivity contribution is -1.07. The van der Waals surface area contributed by atoms with Crippen LogP contribution in [0, 0.1) is 0 Å². The van der Waals surface area contributed by atoms with Crippen LogP contribution in [0.5, 0.6) is 0 Å². The summed E-state index contributed by atoms with van der Waals surface area (Å²) >= 11 is 0. The summed E-state index contributed by atoms with van der Waals surface area (Å²) in [5.74, 6) is -1.97. The second-order valence-electron chi connectivity index (χ2n) is 15.0. The molecule has 0 fully saturated rings. The van der Waals surface area contributed by atoms with E-state index in [1.165, 1.54) is 116 Å². The monoisotopic (exact) mass is 693 g/mol. The Labute approximate surface area is 304 Å². The van der Waals surface area contributed by atoms with E-state index in [0.29, 0.717) is 25.8 Å². The van der Waals surface area contributed by atoms with Crippen LogP contribution < -0.4 is 0 Å². The highest BCUT2D eigenvalue weighted by atomic mass is 16.7. The highest BCUT2D eigenvalue weighted by Crippen LogP contribution is 2.26. The Morgan fingerprint density at radius 1 is 0.510 bits per heavy atom. The van der Waals surface area contributed by atoms with Crippen molar-refractivity contribution >= 4 is 11.9 Å². The van der Waals surface area contributed by atoms with Crippen LogP contribution in [0.25, 0.3) is 0 Å². The first kappa shape index (κ1) is 47.3. The number of carbonyl (C=O) groups is 2. The number of ether oxygens (including phenoxy) is 2. The van der Waals surface area contributed by atoms with E-state index in [2.05, 4.69) is 38.2 Å². The zero-order valence-corrected chi connectivity index (χ0v) is 33.3. The van der Waals surface area contributed by atoms with Crippen LogP contribution in [0.2, 0.25) is 0 Å². The van der Waals surface area contributed by atoms with Crippen LogP contribution >= 0.6 is 0 Å². The fraction of sp³-hybridized carbons (Fsp3) is 0.860. The molecule has 0 aliphatic heterocycles. The highest BCUT2D eigenvalue weighted by Gasteiger charge is 2.39. The average Bonchev–Trinajstić information content (AvgIpc) is 3.06.